The van der Waals surface area contributed by atoms with Crippen LogP contribution in [0.2, 0.25) is 0 Å². The first-order valence-corrected chi connectivity index (χ1v) is 12.5. The molecule has 0 bridgehead atoms. The Morgan fingerprint density at radius 3 is 2.33 bits per heavy atom. The number of nitrogens with one attached hydrogen (secondary N) is 1. The van der Waals surface area contributed by atoms with Crippen molar-refractivity contribution < 1.29 is 19.4 Å². The number of amides is 1. The molecule has 0 saturated carbocycles. The maximum Gasteiger partial charge on any atom is 0.407 e. The van der Waals surface area contributed by atoms with Gasteiger partial charge in [-0.05, 0) is 52.9 Å². The quantitative estimate of drug-likeness (QED) is 0.241. The van der Waals surface area contributed by atoms with Gasteiger partial charge in [-0.2, -0.15) is 0 Å². The molecule has 3 aromatic carbocycles. The molecule has 0 aliphatic heterocycles. The van der Waals surface area contributed by atoms with Crippen LogP contribution < -0.4 is 5.32 Å². The third-order valence-corrected chi connectivity index (χ3v) is 6.32. The van der Waals surface area contributed by atoms with E-state index in [1.54, 1.807) is 0 Å². The third kappa shape index (κ3) is 7.09. The van der Waals surface area contributed by atoms with Gasteiger partial charge in [0.05, 0.1) is 6.42 Å². The molecular formula is C29H27BrN2O4. The summed E-state index contributed by atoms with van der Waals surface area (Å²) < 4.78 is 8.45. The van der Waals surface area contributed by atoms with Gasteiger partial charge in [0.2, 0.25) is 0 Å². The van der Waals surface area contributed by atoms with Gasteiger partial charge >= 0.3 is 12.1 Å². The summed E-state index contributed by atoms with van der Waals surface area (Å²) in [4.78, 5) is 23.3. The van der Waals surface area contributed by atoms with Crippen molar-refractivity contribution in [2.45, 2.75) is 32.5 Å². The smallest absolute Gasteiger partial charge is 0.407 e. The molecule has 0 unspecified atom stereocenters. The van der Waals surface area contributed by atoms with Gasteiger partial charge in [-0.25, -0.2) is 4.79 Å². The van der Waals surface area contributed by atoms with Crippen molar-refractivity contribution in [3.8, 4) is 11.3 Å². The number of carboxylic acid groups (broad SMARTS) is 1. The highest BCUT2D eigenvalue weighted by Gasteiger charge is 2.13. The van der Waals surface area contributed by atoms with E-state index in [-0.39, 0.29) is 13.0 Å². The second-order valence-corrected chi connectivity index (χ2v) is 9.35. The first-order chi connectivity index (χ1) is 17.5. The van der Waals surface area contributed by atoms with Crippen molar-refractivity contribution >= 4 is 28.0 Å². The number of hydrogen-bond donors (Lipinski definition) is 2. The van der Waals surface area contributed by atoms with Gasteiger partial charge < -0.3 is 19.7 Å². The lowest BCUT2D eigenvalue weighted by Crippen LogP contribution is -2.23. The van der Waals surface area contributed by atoms with Gasteiger partial charge in [0.15, 0.2) is 0 Å². The van der Waals surface area contributed by atoms with E-state index in [4.69, 9.17) is 4.74 Å². The molecule has 4 aromatic rings. The van der Waals surface area contributed by atoms with E-state index < -0.39 is 12.1 Å². The van der Waals surface area contributed by atoms with Gasteiger partial charge in [-0.3, -0.25) is 4.79 Å². The van der Waals surface area contributed by atoms with Crippen LogP contribution >= 0.6 is 15.9 Å². The first-order valence-electron chi connectivity index (χ1n) is 11.7. The molecule has 6 nitrogen and oxygen atoms in total. The lowest BCUT2D eigenvalue weighted by molar-refractivity contribution is -0.137. The molecule has 0 aliphatic carbocycles. The topological polar surface area (TPSA) is 80.6 Å². The Hall–Kier alpha value is -3.84. The number of aryl methyl sites for hydroxylation is 1. The number of aliphatic carboxylic acids is 1. The summed E-state index contributed by atoms with van der Waals surface area (Å²) in [6.07, 6.45) is 0.0438. The fraction of sp³-hybridized carbons (Fsp3) is 0.172. The predicted molar refractivity (Wildman–Crippen MR) is 143 cm³/mol. The normalized spacial score (nSPS) is 10.7. The zero-order valence-electron chi connectivity index (χ0n) is 19.7. The maximum atomic E-state index is 12.1. The van der Waals surface area contributed by atoms with Crippen LogP contribution in [-0.4, -0.2) is 21.7 Å². The minimum atomic E-state index is -0.819. The van der Waals surface area contributed by atoms with Crippen LogP contribution in [0.25, 0.3) is 11.3 Å². The molecule has 0 radical (unpaired) electrons. The van der Waals surface area contributed by atoms with Crippen LogP contribution in [0, 0.1) is 0 Å². The Bertz CT molecular complexity index is 1320. The van der Waals surface area contributed by atoms with Crippen molar-refractivity contribution in [3.05, 3.63) is 118 Å². The van der Waals surface area contributed by atoms with Crippen molar-refractivity contribution in [1.82, 2.24) is 9.88 Å². The largest absolute Gasteiger partial charge is 0.481 e. The van der Waals surface area contributed by atoms with Crippen LogP contribution in [-0.2, 0) is 35.6 Å². The Kier molecular flexibility index (Phi) is 8.57. The Morgan fingerprint density at radius 1 is 0.861 bits per heavy atom. The number of ether oxygens (including phenoxy) is 1. The number of aromatic nitrogens is 1. The van der Waals surface area contributed by atoms with Gasteiger partial charge in [0.25, 0.3) is 0 Å². The number of carbonyl (C=O) groups excluding carboxylic acids is 1. The fourth-order valence-electron chi connectivity index (χ4n) is 3.99. The zero-order chi connectivity index (χ0) is 25.3. The Morgan fingerprint density at radius 2 is 1.58 bits per heavy atom. The molecule has 36 heavy (non-hydrogen) atoms. The second-order valence-electron chi connectivity index (χ2n) is 8.43. The fourth-order valence-corrected chi connectivity index (χ4v) is 4.26. The number of benzene rings is 3. The molecule has 0 fully saturated rings. The molecule has 2 N–H and O–H groups in total. The number of halogens is 1. The van der Waals surface area contributed by atoms with Gasteiger partial charge in [-0.1, -0.05) is 82.7 Å². The van der Waals surface area contributed by atoms with Crippen molar-refractivity contribution in [1.29, 1.82) is 0 Å². The summed E-state index contributed by atoms with van der Waals surface area (Å²) in [7, 11) is 0. The monoisotopic (exact) mass is 546 g/mol. The molecule has 0 saturated heterocycles. The maximum absolute atomic E-state index is 12.1. The summed E-state index contributed by atoms with van der Waals surface area (Å²) in [5.41, 5.74) is 5.98. The average molecular weight is 547 g/mol. The minimum absolute atomic E-state index is 0.0683. The summed E-state index contributed by atoms with van der Waals surface area (Å²) in [6.45, 7) is 1.15. The number of nitrogens with zero attached hydrogens (tertiary/aromatic N) is 1. The highest BCUT2D eigenvalue weighted by Crippen LogP contribution is 2.26. The average Bonchev–Trinajstić information content (AvgIpc) is 3.28. The SMILES string of the molecule is O=C(O)CCc1ccc(-c2ccc(Br)cc2)n1Cc1cccc(CNC(=O)OCc2ccccc2)c1. The van der Waals surface area contributed by atoms with E-state index in [0.717, 1.165) is 38.1 Å². The van der Waals surface area contributed by atoms with E-state index in [1.165, 1.54) is 0 Å². The van der Waals surface area contributed by atoms with E-state index in [2.05, 4.69) is 25.8 Å². The Labute approximate surface area is 218 Å². The summed E-state index contributed by atoms with van der Waals surface area (Å²) >= 11 is 3.48. The molecule has 7 heteroatoms. The molecule has 1 aromatic heterocycles. The summed E-state index contributed by atoms with van der Waals surface area (Å²) in [5, 5.41) is 12.0. The molecule has 184 valence electrons. The lowest BCUT2D eigenvalue weighted by Gasteiger charge is -2.15. The van der Waals surface area contributed by atoms with Crippen LogP contribution in [0.4, 0.5) is 4.79 Å². The van der Waals surface area contributed by atoms with Crippen LogP contribution in [0.15, 0.2) is 95.5 Å². The molecule has 0 aliphatic rings. The highest BCUT2D eigenvalue weighted by atomic mass is 79.9. The number of carbonyl (C=O) groups is 2. The standard InChI is InChI=1S/C29H27BrN2O4/c30-25-11-9-24(10-12-25)27-15-13-26(14-16-28(33)34)32(27)19-23-8-4-7-22(17-23)18-31-29(35)36-20-21-5-2-1-3-6-21/h1-13,15,17H,14,16,18-20H2,(H,31,35)(H,33,34). The molecule has 0 atom stereocenters. The number of carboxylic acids is 1. The zero-order valence-corrected chi connectivity index (χ0v) is 21.3. The molecule has 1 heterocycles. The van der Waals surface area contributed by atoms with Crippen LogP contribution in [0.5, 0.6) is 0 Å². The van der Waals surface area contributed by atoms with Crippen LogP contribution in [0.3, 0.4) is 0 Å². The number of hydrogen-bond acceptors (Lipinski definition) is 3. The van der Waals surface area contributed by atoms with E-state index in [9.17, 15) is 14.7 Å². The molecular weight excluding hydrogens is 520 g/mol. The predicted octanol–water partition coefficient (Wildman–Crippen LogP) is 6.41. The van der Waals surface area contributed by atoms with Gasteiger partial charge in [0, 0.05) is 29.0 Å². The van der Waals surface area contributed by atoms with Crippen molar-refractivity contribution in [3.63, 3.8) is 0 Å². The van der Waals surface area contributed by atoms with Crippen molar-refractivity contribution in [2.24, 2.45) is 0 Å². The second kappa shape index (κ2) is 12.2. The summed E-state index contributed by atoms with van der Waals surface area (Å²) in [5.74, 6) is -0.819. The third-order valence-electron chi connectivity index (χ3n) is 5.79. The minimum Gasteiger partial charge on any atom is -0.481 e. The van der Waals surface area contributed by atoms with E-state index in [0.29, 0.717) is 19.5 Å². The number of alkyl carbamates (subject to hydrolysis) is 1. The van der Waals surface area contributed by atoms with Gasteiger partial charge in [0.1, 0.15) is 6.61 Å². The van der Waals surface area contributed by atoms with Crippen LogP contribution in [0.1, 0.15) is 28.8 Å². The van der Waals surface area contributed by atoms with Crippen molar-refractivity contribution in [2.75, 3.05) is 0 Å². The first kappa shape index (κ1) is 25.3. The summed E-state index contributed by atoms with van der Waals surface area (Å²) in [6, 6.07) is 29.6. The highest BCUT2D eigenvalue weighted by molar-refractivity contribution is 9.10. The molecule has 4 rings (SSSR count). The lowest BCUT2D eigenvalue weighted by atomic mass is 10.1. The van der Waals surface area contributed by atoms with E-state index in [1.807, 2.05) is 91.0 Å². The van der Waals surface area contributed by atoms with E-state index >= 15 is 0 Å². The molecule has 1 amide bonds. The number of rotatable bonds is 10. The van der Waals surface area contributed by atoms with Gasteiger partial charge in [-0.15, -0.1) is 0 Å². The molecule has 0 spiro atoms. The Balaban J connectivity index is 1.45.